The highest BCUT2D eigenvalue weighted by molar-refractivity contribution is 7.20. The number of aromatic nitrogens is 2. The van der Waals surface area contributed by atoms with Gasteiger partial charge < -0.3 is 24.6 Å². The predicted molar refractivity (Wildman–Crippen MR) is 90.2 cm³/mol. The van der Waals surface area contributed by atoms with Crippen LogP contribution in [-0.4, -0.2) is 60.9 Å². The van der Waals surface area contributed by atoms with E-state index in [-0.39, 0.29) is 13.2 Å². The number of carbonyl (C=O) groups excluding carboxylic acids is 1. The predicted octanol–water partition coefficient (Wildman–Crippen LogP) is 0.984. The Morgan fingerprint density at radius 1 is 1.24 bits per heavy atom. The van der Waals surface area contributed by atoms with Gasteiger partial charge in [-0.2, -0.15) is 4.98 Å². The standard InChI is InChI=1S/C15H19N3O6S/c1-7-10-13(24-4)17-9(6-23-3)18-14(10)25-11(7)12(19)16-8(5-22-2)15(20)21/h8H,5-6H2,1-4H3,(H,16,19)(H,20,21). The number of aliphatic carboxylic acids is 1. The number of carboxylic acids is 1. The van der Waals surface area contributed by atoms with Crippen LogP contribution in [0, 0.1) is 6.92 Å². The van der Waals surface area contributed by atoms with Crippen molar-refractivity contribution in [1.82, 2.24) is 15.3 Å². The third-order valence-electron chi connectivity index (χ3n) is 3.41. The zero-order chi connectivity index (χ0) is 18.6. The average molecular weight is 369 g/mol. The van der Waals surface area contributed by atoms with Crippen LogP contribution in [0.3, 0.4) is 0 Å². The van der Waals surface area contributed by atoms with Gasteiger partial charge in [-0.05, 0) is 12.5 Å². The Hall–Kier alpha value is -2.30. The second-order valence-corrected chi connectivity index (χ2v) is 6.14. The molecule has 10 heteroatoms. The molecule has 0 saturated heterocycles. The topological polar surface area (TPSA) is 120 Å². The largest absolute Gasteiger partial charge is 0.480 e. The lowest BCUT2D eigenvalue weighted by Gasteiger charge is -2.13. The van der Waals surface area contributed by atoms with Crippen molar-refractivity contribution in [2.45, 2.75) is 19.6 Å². The fraction of sp³-hybridized carbons (Fsp3) is 0.467. The molecule has 9 nitrogen and oxygen atoms in total. The molecule has 2 N–H and O–H groups in total. The van der Waals surface area contributed by atoms with Gasteiger partial charge in [-0.3, -0.25) is 4.79 Å². The van der Waals surface area contributed by atoms with Gasteiger partial charge >= 0.3 is 5.97 Å². The third-order valence-corrected chi connectivity index (χ3v) is 4.60. The fourth-order valence-corrected chi connectivity index (χ4v) is 3.36. The SMILES string of the molecule is COCc1nc(OC)c2c(C)c(C(=O)NC(COC)C(=O)O)sc2n1. The number of thiophene rings is 1. The highest BCUT2D eigenvalue weighted by atomic mass is 32.1. The zero-order valence-corrected chi connectivity index (χ0v) is 15.1. The molecule has 0 bridgehead atoms. The van der Waals surface area contributed by atoms with Crippen molar-refractivity contribution in [1.29, 1.82) is 0 Å². The summed E-state index contributed by atoms with van der Waals surface area (Å²) in [6.07, 6.45) is 0. The molecule has 2 aromatic rings. The van der Waals surface area contributed by atoms with Gasteiger partial charge in [0.2, 0.25) is 5.88 Å². The van der Waals surface area contributed by atoms with E-state index in [1.807, 2.05) is 0 Å². The number of carbonyl (C=O) groups is 2. The van der Waals surface area contributed by atoms with E-state index in [0.29, 0.717) is 32.4 Å². The summed E-state index contributed by atoms with van der Waals surface area (Å²) in [5, 5.41) is 12.2. The summed E-state index contributed by atoms with van der Waals surface area (Å²) >= 11 is 1.14. The first-order valence-electron chi connectivity index (χ1n) is 7.28. The van der Waals surface area contributed by atoms with E-state index in [1.165, 1.54) is 21.3 Å². The Morgan fingerprint density at radius 2 is 1.96 bits per heavy atom. The van der Waals surface area contributed by atoms with E-state index in [9.17, 15) is 9.59 Å². The summed E-state index contributed by atoms with van der Waals surface area (Å²) in [5.41, 5.74) is 0.625. The molecule has 1 atom stereocenters. The smallest absolute Gasteiger partial charge is 0.328 e. The van der Waals surface area contributed by atoms with E-state index < -0.39 is 17.9 Å². The van der Waals surface area contributed by atoms with Crippen molar-refractivity contribution in [3.8, 4) is 5.88 Å². The maximum absolute atomic E-state index is 12.5. The molecule has 25 heavy (non-hydrogen) atoms. The number of nitrogens with one attached hydrogen (secondary N) is 1. The van der Waals surface area contributed by atoms with Gasteiger partial charge in [0, 0.05) is 14.2 Å². The number of fused-ring (bicyclic) bond motifs is 1. The molecule has 1 amide bonds. The number of hydrogen-bond donors (Lipinski definition) is 2. The van der Waals surface area contributed by atoms with Crippen molar-refractivity contribution < 1.29 is 28.9 Å². The van der Waals surface area contributed by atoms with Crippen molar-refractivity contribution in [2.75, 3.05) is 27.9 Å². The van der Waals surface area contributed by atoms with Crippen LogP contribution in [0.1, 0.15) is 21.1 Å². The van der Waals surface area contributed by atoms with E-state index in [2.05, 4.69) is 15.3 Å². The van der Waals surface area contributed by atoms with Gasteiger partial charge in [0.1, 0.15) is 11.4 Å². The maximum Gasteiger partial charge on any atom is 0.328 e. The Bertz CT molecular complexity index is 791. The summed E-state index contributed by atoms with van der Waals surface area (Å²) in [6.45, 7) is 1.81. The van der Waals surface area contributed by atoms with Crippen molar-refractivity contribution >= 4 is 33.4 Å². The van der Waals surface area contributed by atoms with E-state index in [1.54, 1.807) is 6.92 Å². The maximum atomic E-state index is 12.5. The highest BCUT2D eigenvalue weighted by Crippen LogP contribution is 2.35. The zero-order valence-electron chi connectivity index (χ0n) is 14.3. The van der Waals surface area contributed by atoms with Crippen LogP contribution in [0.2, 0.25) is 0 Å². The molecule has 0 fully saturated rings. The van der Waals surface area contributed by atoms with Crippen LogP contribution in [0.15, 0.2) is 0 Å². The lowest BCUT2D eigenvalue weighted by Crippen LogP contribution is -2.43. The number of ether oxygens (including phenoxy) is 3. The van der Waals surface area contributed by atoms with Crippen molar-refractivity contribution in [2.24, 2.45) is 0 Å². The van der Waals surface area contributed by atoms with Gasteiger partial charge in [-0.1, -0.05) is 0 Å². The normalized spacial score (nSPS) is 12.2. The summed E-state index contributed by atoms with van der Waals surface area (Å²) in [4.78, 5) is 33.2. The molecule has 2 aromatic heterocycles. The van der Waals surface area contributed by atoms with E-state index >= 15 is 0 Å². The summed E-state index contributed by atoms with van der Waals surface area (Å²) in [7, 11) is 4.37. The molecular formula is C15H19N3O6S. The number of methoxy groups -OCH3 is 3. The number of aryl methyl sites for hydroxylation is 1. The Labute approximate surface area is 147 Å². The second kappa shape index (κ2) is 8.19. The molecule has 0 aliphatic heterocycles. The molecule has 0 spiro atoms. The first-order chi connectivity index (χ1) is 11.9. The minimum absolute atomic E-state index is 0.133. The number of hydrogen-bond acceptors (Lipinski definition) is 8. The highest BCUT2D eigenvalue weighted by Gasteiger charge is 2.25. The quantitative estimate of drug-likeness (QED) is 0.707. The van der Waals surface area contributed by atoms with Crippen LogP contribution in [0.25, 0.3) is 10.2 Å². The first-order valence-corrected chi connectivity index (χ1v) is 8.10. The minimum atomic E-state index is -1.17. The molecule has 0 radical (unpaired) electrons. The first kappa shape index (κ1) is 19.0. The molecule has 136 valence electrons. The molecule has 2 rings (SSSR count). The number of carboxylic acid groups (broad SMARTS) is 1. The van der Waals surface area contributed by atoms with Crippen LogP contribution < -0.4 is 10.1 Å². The number of amides is 1. The average Bonchev–Trinajstić information content (AvgIpc) is 2.91. The molecule has 0 aliphatic rings. The van der Waals surface area contributed by atoms with Crippen molar-refractivity contribution in [3.63, 3.8) is 0 Å². The Balaban J connectivity index is 2.43. The van der Waals surface area contributed by atoms with Crippen molar-refractivity contribution in [3.05, 3.63) is 16.3 Å². The third kappa shape index (κ3) is 4.03. The van der Waals surface area contributed by atoms with Gasteiger partial charge in [-0.15, -0.1) is 11.3 Å². The number of nitrogens with zero attached hydrogens (tertiary/aromatic N) is 2. The van der Waals surface area contributed by atoms with Crippen LogP contribution in [0.4, 0.5) is 0 Å². The Morgan fingerprint density at radius 3 is 2.52 bits per heavy atom. The van der Waals surface area contributed by atoms with Gasteiger partial charge in [-0.25, -0.2) is 9.78 Å². The lowest BCUT2D eigenvalue weighted by atomic mass is 10.2. The monoisotopic (exact) mass is 369 g/mol. The van der Waals surface area contributed by atoms with E-state index in [4.69, 9.17) is 19.3 Å². The number of rotatable bonds is 8. The fourth-order valence-electron chi connectivity index (χ4n) is 2.27. The van der Waals surface area contributed by atoms with Gasteiger partial charge in [0.05, 0.1) is 24.0 Å². The minimum Gasteiger partial charge on any atom is -0.480 e. The molecule has 0 aliphatic carbocycles. The van der Waals surface area contributed by atoms with Crippen LogP contribution in [-0.2, 0) is 20.9 Å². The van der Waals surface area contributed by atoms with Crippen LogP contribution in [0.5, 0.6) is 5.88 Å². The summed E-state index contributed by atoms with van der Waals surface area (Å²) in [5.74, 6) is -0.909. The summed E-state index contributed by atoms with van der Waals surface area (Å²) in [6, 6.07) is -1.14. The molecule has 2 heterocycles. The van der Waals surface area contributed by atoms with Gasteiger partial charge in [0.25, 0.3) is 5.91 Å². The molecule has 1 unspecified atom stereocenters. The van der Waals surface area contributed by atoms with E-state index in [0.717, 1.165) is 11.3 Å². The molecule has 0 saturated carbocycles. The second-order valence-electron chi connectivity index (χ2n) is 5.14. The summed E-state index contributed by atoms with van der Waals surface area (Å²) < 4.78 is 15.2. The van der Waals surface area contributed by atoms with Crippen LogP contribution >= 0.6 is 11.3 Å². The Kier molecular flexibility index (Phi) is 6.23. The lowest BCUT2D eigenvalue weighted by molar-refractivity contribution is -0.140. The molecular weight excluding hydrogens is 350 g/mol. The van der Waals surface area contributed by atoms with Gasteiger partial charge in [0.15, 0.2) is 11.9 Å². The molecule has 0 aromatic carbocycles.